The van der Waals surface area contributed by atoms with Crippen LogP contribution in [-0.2, 0) is 4.74 Å². The maximum atomic E-state index is 6.18. The Balaban J connectivity index is 1.55. The lowest BCUT2D eigenvalue weighted by atomic mass is 9.75. The molecule has 130 valence electrons. The van der Waals surface area contributed by atoms with Crippen molar-refractivity contribution < 1.29 is 4.74 Å². The second kappa shape index (κ2) is 9.27. The lowest BCUT2D eigenvalue weighted by molar-refractivity contribution is -0.00620. The summed E-state index contributed by atoms with van der Waals surface area (Å²) in [6.45, 7) is 12.8. The second-order valence-electron chi connectivity index (χ2n) is 8.15. The van der Waals surface area contributed by atoms with Crippen LogP contribution in [0.25, 0.3) is 0 Å². The third-order valence-electron chi connectivity index (χ3n) is 6.43. The first kappa shape index (κ1) is 18.3. The van der Waals surface area contributed by atoms with E-state index in [2.05, 4.69) is 32.6 Å². The number of ether oxygens (including phenoxy) is 1. The molecule has 0 aromatic rings. The first-order valence-electron chi connectivity index (χ1n) is 9.95. The van der Waals surface area contributed by atoms with E-state index >= 15 is 0 Å². The number of piperidine rings is 1. The van der Waals surface area contributed by atoms with E-state index < -0.39 is 0 Å². The van der Waals surface area contributed by atoms with Gasteiger partial charge in [-0.3, -0.25) is 0 Å². The predicted molar refractivity (Wildman–Crippen MR) is 95.2 cm³/mol. The summed E-state index contributed by atoms with van der Waals surface area (Å²) in [6.07, 6.45) is 11.5. The molecule has 1 aliphatic heterocycles. The molecule has 1 atom stereocenters. The van der Waals surface area contributed by atoms with Crippen molar-refractivity contribution in [2.45, 2.75) is 91.2 Å². The van der Waals surface area contributed by atoms with Gasteiger partial charge in [0.25, 0.3) is 0 Å². The number of nitrogens with zero attached hydrogens (tertiary/aromatic N) is 1. The molecule has 0 aromatic carbocycles. The highest BCUT2D eigenvalue weighted by Gasteiger charge is 2.25. The van der Waals surface area contributed by atoms with Gasteiger partial charge in [0.05, 0.1) is 6.10 Å². The first-order chi connectivity index (χ1) is 10.6. The van der Waals surface area contributed by atoms with Gasteiger partial charge in [-0.25, -0.2) is 0 Å². The minimum absolute atomic E-state index is 0.534. The lowest BCUT2D eigenvalue weighted by Crippen LogP contribution is -2.41. The Morgan fingerprint density at radius 2 is 1.59 bits per heavy atom. The maximum Gasteiger partial charge on any atom is 0.0599 e. The Morgan fingerprint density at radius 1 is 0.955 bits per heavy atom. The van der Waals surface area contributed by atoms with Crippen LogP contribution in [0.1, 0.15) is 79.1 Å². The zero-order valence-electron chi connectivity index (χ0n) is 15.5. The van der Waals surface area contributed by atoms with Crippen molar-refractivity contribution in [3.05, 3.63) is 0 Å². The number of rotatable bonds is 7. The molecule has 2 aliphatic rings. The zero-order valence-corrected chi connectivity index (χ0v) is 15.5. The molecule has 0 bridgehead atoms. The van der Waals surface area contributed by atoms with Gasteiger partial charge < -0.3 is 9.64 Å². The minimum atomic E-state index is 0.534. The van der Waals surface area contributed by atoms with Crippen molar-refractivity contribution in [2.24, 2.45) is 17.8 Å². The van der Waals surface area contributed by atoms with E-state index in [4.69, 9.17) is 4.74 Å². The van der Waals surface area contributed by atoms with Gasteiger partial charge in [0.15, 0.2) is 0 Å². The topological polar surface area (TPSA) is 12.5 Å². The Labute approximate surface area is 139 Å². The molecule has 2 fully saturated rings. The zero-order chi connectivity index (χ0) is 15.9. The summed E-state index contributed by atoms with van der Waals surface area (Å²) in [5.41, 5.74) is 0. The monoisotopic (exact) mass is 309 g/mol. The molecule has 0 radical (unpaired) electrons. The van der Waals surface area contributed by atoms with Crippen molar-refractivity contribution >= 4 is 0 Å². The molecule has 2 heteroatoms. The fourth-order valence-corrected chi connectivity index (χ4v) is 4.34. The highest BCUT2D eigenvalue weighted by Crippen LogP contribution is 2.36. The molecule has 2 nitrogen and oxygen atoms in total. The molecule has 1 heterocycles. The van der Waals surface area contributed by atoms with Gasteiger partial charge >= 0.3 is 0 Å². The molecule has 22 heavy (non-hydrogen) atoms. The Kier molecular flexibility index (Phi) is 7.70. The van der Waals surface area contributed by atoms with Crippen molar-refractivity contribution in [3.63, 3.8) is 0 Å². The fraction of sp³-hybridized carbons (Fsp3) is 1.00. The third kappa shape index (κ3) is 5.53. The van der Waals surface area contributed by atoms with E-state index in [1.54, 1.807) is 0 Å². The summed E-state index contributed by atoms with van der Waals surface area (Å²) in [4.78, 5) is 2.58. The smallest absolute Gasteiger partial charge is 0.0599 e. The molecule has 0 aromatic heterocycles. The van der Waals surface area contributed by atoms with Gasteiger partial charge in [0.2, 0.25) is 0 Å². The van der Waals surface area contributed by atoms with Gasteiger partial charge in [-0.15, -0.1) is 0 Å². The summed E-state index contributed by atoms with van der Waals surface area (Å²) >= 11 is 0. The Hall–Kier alpha value is -0.0800. The lowest BCUT2D eigenvalue weighted by Gasteiger charge is -2.35. The van der Waals surface area contributed by atoms with Crippen LogP contribution in [0, 0.1) is 17.8 Å². The molecule has 1 aliphatic carbocycles. The van der Waals surface area contributed by atoms with Gasteiger partial charge in [-0.2, -0.15) is 0 Å². The Morgan fingerprint density at radius 3 is 2.14 bits per heavy atom. The normalized spacial score (nSPS) is 29.9. The van der Waals surface area contributed by atoms with Crippen LogP contribution in [0.2, 0.25) is 0 Å². The molecular formula is C20H39NO. The molecule has 0 spiro atoms. The molecule has 1 unspecified atom stereocenters. The predicted octanol–water partition coefficient (Wildman–Crippen LogP) is 5.12. The molecule has 0 amide bonds. The molecule has 2 rings (SSSR count). The largest absolute Gasteiger partial charge is 0.378 e. The molecule has 0 N–H and O–H groups in total. The highest BCUT2D eigenvalue weighted by atomic mass is 16.5. The van der Waals surface area contributed by atoms with Gasteiger partial charge in [-0.05, 0) is 63.7 Å². The van der Waals surface area contributed by atoms with Crippen LogP contribution in [0.3, 0.4) is 0 Å². The van der Waals surface area contributed by atoms with Crippen molar-refractivity contribution in [3.8, 4) is 0 Å². The van der Waals surface area contributed by atoms with Crippen LogP contribution < -0.4 is 0 Å². The molecular weight excluding hydrogens is 270 g/mol. The van der Waals surface area contributed by atoms with Gasteiger partial charge in [0.1, 0.15) is 0 Å². The van der Waals surface area contributed by atoms with E-state index in [1.807, 2.05) is 0 Å². The van der Waals surface area contributed by atoms with E-state index in [0.29, 0.717) is 12.1 Å². The average molecular weight is 310 g/mol. The fourth-order valence-electron chi connectivity index (χ4n) is 4.34. The number of hydrogen-bond acceptors (Lipinski definition) is 2. The second-order valence-corrected chi connectivity index (χ2v) is 8.15. The SMILES string of the molecule is CCC(C)C1CCC(CCOC2CCN(C(C)C)CC2)CC1. The van der Waals surface area contributed by atoms with Crippen molar-refractivity contribution in [1.29, 1.82) is 0 Å². The summed E-state index contributed by atoms with van der Waals surface area (Å²) < 4.78 is 6.18. The third-order valence-corrected chi connectivity index (χ3v) is 6.43. The van der Waals surface area contributed by atoms with Crippen LogP contribution in [0.4, 0.5) is 0 Å². The van der Waals surface area contributed by atoms with Gasteiger partial charge in [-0.1, -0.05) is 33.1 Å². The van der Waals surface area contributed by atoms with Crippen LogP contribution in [0.5, 0.6) is 0 Å². The summed E-state index contributed by atoms with van der Waals surface area (Å²) in [5, 5.41) is 0. The first-order valence-corrected chi connectivity index (χ1v) is 9.95. The maximum absolute atomic E-state index is 6.18. The summed E-state index contributed by atoms with van der Waals surface area (Å²) in [6, 6.07) is 0.696. The van der Waals surface area contributed by atoms with E-state index in [0.717, 1.165) is 24.4 Å². The van der Waals surface area contributed by atoms with Crippen molar-refractivity contribution in [1.82, 2.24) is 4.90 Å². The van der Waals surface area contributed by atoms with Crippen LogP contribution in [0.15, 0.2) is 0 Å². The quantitative estimate of drug-likeness (QED) is 0.647. The number of hydrogen-bond donors (Lipinski definition) is 0. The van der Waals surface area contributed by atoms with E-state index in [9.17, 15) is 0 Å². The molecule has 1 saturated heterocycles. The Bertz CT molecular complexity index is 288. The van der Waals surface area contributed by atoms with Crippen LogP contribution in [-0.4, -0.2) is 36.7 Å². The standard InChI is InChI=1S/C20H39NO/c1-5-17(4)19-8-6-18(7-9-19)12-15-22-20-10-13-21(14-11-20)16(2)3/h16-20H,5-15H2,1-4H3. The van der Waals surface area contributed by atoms with Crippen molar-refractivity contribution in [2.75, 3.05) is 19.7 Å². The average Bonchev–Trinajstić information content (AvgIpc) is 2.55. The van der Waals surface area contributed by atoms with Gasteiger partial charge in [0, 0.05) is 25.7 Å². The van der Waals surface area contributed by atoms with Crippen LogP contribution >= 0.6 is 0 Å². The molecule has 1 saturated carbocycles. The minimum Gasteiger partial charge on any atom is -0.378 e. The van der Waals surface area contributed by atoms with E-state index in [1.165, 1.54) is 64.5 Å². The highest BCUT2D eigenvalue weighted by molar-refractivity contribution is 4.77. The summed E-state index contributed by atoms with van der Waals surface area (Å²) in [5.74, 6) is 2.88. The van der Waals surface area contributed by atoms with E-state index in [-0.39, 0.29) is 0 Å². The number of likely N-dealkylation sites (tertiary alicyclic amines) is 1. The summed E-state index contributed by atoms with van der Waals surface area (Å²) in [7, 11) is 0.